The number of nitriles is 1. The van der Waals surface area contributed by atoms with E-state index in [0.717, 1.165) is 21.7 Å². The van der Waals surface area contributed by atoms with Crippen molar-refractivity contribution in [2.24, 2.45) is 0 Å². The number of nitrogens with zero attached hydrogens (tertiary/aromatic N) is 4. The predicted molar refractivity (Wildman–Crippen MR) is 80.7 cm³/mol. The van der Waals surface area contributed by atoms with E-state index in [1.807, 2.05) is 47.3 Å². The molecule has 0 aliphatic heterocycles. The Bertz CT molecular complexity index is 800. The van der Waals surface area contributed by atoms with Gasteiger partial charge >= 0.3 is 0 Å². The fourth-order valence-corrected chi connectivity index (χ4v) is 2.17. The van der Waals surface area contributed by atoms with E-state index in [1.165, 1.54) is 0 Å². The average Bonchev–Trinajstić information content (AvgIpc) is 2.98. The van der Waals surface area contributed by atoms with Gasteiger partial charge < -0.3 is 0 Å². The fraction of sp³-hybridized carbons (Fsp3) is 0.0625. The van der Waals surface area contributed by atoms with E-state index in [9.17, 15) is 0 Å². The van der Waals surface area contributed by atoms with Crippen LogP contribution in [0.15, 0.2) is 55.0 Å². The Labute approximate surface area is 127 Å². The van der Waals surface area contributed by atoms with Gasteiger partial charge in [-0.1, -0.05) is 23.7 Å². The summed E-state index contributed by atoms with van der Waals surface area (Å²) in [6, 6.07) is 13.3. The van der Waals surface area contributed by atoms with Crippen molar-refractivity contribution < 1.29 is 0 Å². The second kappa shape index (κ2) is 5.78. The fourth-order valence-electron chi connectivity index (χ4n) is 2.05. The molecule has 1 aromatic carbocycles. The Morgan fingerprint density at radius 1 is 1.14 bits per heavy atom. The lowest BCUT2D eigenvalue weighted by Gasteiger charge is -2.02. The largest absolute Gasteiger partial charge is 0.268 e. The summed E-state index contributed by atoms with van der Waals surface area (Å²) in [5, 5.41) is 14.0. The summed E-state index contributed by atoms with van der Waals surface area (Å²) < 4.78 is 1.85. The Morgan fingerprint density at radius 2 is 1.95 bits per heavy atom. The molecule has 4 nitrogen and oxygen atoms in total. The summed E-state index contributed by atoms with van der Waals surface area (Å²) in [4.78, 5) is 3.97. The first-order valence-corrected chi connectivity index (χ1v) is 6.76. The standard InChI is InChI=1S/C16H11ClN4/c17-15-3-1-12(2-4-15)10-21-11-14(9-20-21)13-5-6-19-16(7-13)8-18/h1-7,9,11H,10H2. The van der Waals surface area contributed by atoms with Gasteiger partial charge in [0, 0.05) is 23.0 Å². The molecule has 102 valence electrons. The van der Waals surface area contributed by atoms with Gasteiger partial charge in [-0.05, 0) is 35.4 Å². The minimum Gasteiger partial charge on any atom is -0.268 e. The molecular weight excluding hydrogens is 284 g/mol. The van der Waals surface area contributed by atoms with Crippen LogP contribution in [0.2, 0.25) is 5.02 Å². The minimum atomic E-state index is 0.401. The van der Waals surface area contributed by atoms with Gasteiger partial charge in [0.25, 0.3) is 0 Å². The molecule has 0 aliphatic rings. The molecule has 0 saturated heterocycles. The second-order valence-electron chi connectivity index (χ2n) is 4.59. The van der Waals surface area contributed by atoms with E-state index in [0.29, 0.717) is 12.2 Å². The van der Waals surface area contributed by atoms with E-state index in [2.05, 4.69) is 10.1 Å². The molecule has 0 atom stereocenters. The molecule has 0 amide bonds. The molecule has 0 unspecified atom stereocenters. The molecule has 0 bridgehead atoms. The molecule has 2 heterocycles. The van der Waals surface area contributed by atoms with Crippen molar-refractivity contribution in [1.82, 2.24) is 14.8 Å². The number of pyridine rings is 1. The van der Waals surface area contributed by atoms with E-state index in [1.54, 1.807) is 18.5 Å². The maximum absolute atomic E-state index is 8.89. The van der Waals surface area contributed by atoms with Crippen molar-refractivity contribution in [3.8, 4) is 17.2 Å². The maximum atomic E-state index is 8.89. The van der Waals surface area contributed by atoms with Crippen LogP contribution in [0.3, 0.4) is 0 Å². The van der Waals surface area contributed by atoms with E-state index < -0.39 is 0 Å². The quantitative estimate of drug-likeness (QED) is 0.742. The van der Waals surface area contributed by atoms with Crippen LogP contribution in [-0.4, -0.2) is 14.8 Å². The lowest BCUT2D eigenvalue weighted by molar-refractivity contribution is 0.687. The van der Waals surface area contributed by atoms with Crippen LogP contribution in [-0.2, 0) is 6.54 Å². The Balaban J connectivity index is 1.83. The van der Waals surface area contributed by atoms with Gasteiger partial charge in [-0.25, -0.2) is 4.98 Å². The van der Waals surface area contributed by atoms with Crippen molar-refractivity contribution in [3.63, 3.8) is 0 Å². The summed E-state index contributed by atoms with van der Waals surface area (Å²) in [7, 11) is 0. The molecule has 0 spiro atoms. The number of aromatic nitrogens is 3. The van der Waals surface area contributed by atoms with Crippen LogP contribution in [0, 0.1) is 11.3 Å². The highest BCUT2D eigenvalue weighted by Crippen LogP contribution is 2.19. The number of rotatable bonds is 3. The van der Waals surface area contributed by atoms with Crippen LogP contribution in [0.4, 0.5) is 0 Å². The lowest BCUT2D eigenvalue weighted by atomic mass is 10.1. The van der Waals surface area contributed by atoms with Crippen LogP contribution < -0.4 is 0 Å². The maximum Gasteiger partial charge on any atom is 0.141 e. The zero-order chi connectivity index (χ0) is 14.7. The summed E-state index contributed by atoms with van der Waals surface area (Å²) in [6.07, 6.45) is 5.36. The van der Waals surface area contributed by atoms with Gasteiger partial charge in [0.1, 0.15) is 11.8 Å². The molecule has 2 aromatic heterocycles. The summed E-state index contributed by atoms with van der Waals surface area (Å²) in [5.41, 5.74) is 3.42. The van der Waals surface area contributed by atoms with E-state index >= 15 is 0 Å². The van der Waals surface area contributed by atoms with Crippen LogP contribution >= 0.6 is 11.6 Å². The van der Waals surface area contributed by atoms with Crippen LogP contribution in [0.5, 0.6) is 0 Å². The highest BCUT2D eigenvalue weighted by atomic mass is 35.5. The smallest absolute Gasteiger partial charge is 0.141 e. The molecule has 0 fully saturated rings. The van der Waals surface area contributed by atoms with E-state index in [4.69, 9.17) is 16.9 Å². The van der Waals surface area contributed by atoms with Gasteiger partial charge in [-0.3, -0.25) is 4.68 Å². The molecule has 5 heteroatoms. The molecule has 0 aliphatic carbocycles. The summed E-state index contributed by atoms with van der Waals surface area (Å²) in [5.74, 6) is 0. The topological polar surface area (TPSA) is 54.5 Å². The molecule has 0 N–H and O–H groups in total. The summed E-state index contributed by atoms with van der Waals surface area (Å²) >= 11 is 5.87. The van der Waals surface area contributed by atoms with Crippen molar-refractivity contribution >= 4 is 11.6 Å². The van der Waals surface area contributed by atoms with Gasteiger partial charge in [0.15, 0.2) is 0 Å². The molecule has 3 rings (SSSR count). The minimum absolute atomic E-state index is 0.401. The monoisotopic (exact) mass is 294 g/mol. The Morgan fingerprint density at radius 3 is 2.71 bits per heavy atom. The lowest BCUT2D eigenvalue weighted by Crippen LogP contribution is -1.99. The van der Waals surface area contributed by atoms with Crippen LogP contribution in [0.1, 0.15) is 11.3 Å². The highest BCUT2D eigenvalue weighted by Gasteiger charge is 2.04. The molecule has 0 radical (unpaired) electrons. The second-order valence-corrected chi connectivity index (χ2v) is 5.03. The van der Waals surface area contributed by atoms with Gasteiger partial charge in [0.2, 0.25) is 0 Å². The van der Waals surface area contributed by atoms with Gasteiger partial charge in [-0.15, -0.1) is 0 Å². The SMILES string of the molecule is N#Cc1cc(-c2cnn(Cc3ccc(Cl)cc3)c2)ccn1. The molecular formula is C16H11ClN4. The third kappa shape index (κ3) is 3.10. The van der Waals surface area contributed by atoms with Gasteiger partial charge in [0.05, 0.1) is 12.7 Å². The normalized spacial score (nSPS) is 10.3. The number of halogens is 1. The molecule has 0 saturated carbocycles. The molecule has 3 aromatic rings. The number of hydrogen-bond donors (Lipinski definition) is 0. The predicted octanol–water partition coefficient (Wildman–Crippen LogP) is 3.52. The zero-order valence-electron chi connectivity index (χ0n) is 11.1. The van der Waals surface area contributed by atoms with Crippen LogP contribution in [0.25, 0.3) is 11.1 Å². The first-order valence-electron chi connectivity index (χ1n) is 6.38. The molecule has 21 heavy (non-hydrogen) atoms. The third-order valence-electron chi connectivity index (χ3n) is 3.10. The highest BCUT2D eigenvalue weighted by molar-refractivity contribution is 6.30. The number of hydrogen-bond acceptors (Lipinski definition) is 3. The number of benzene rings is 1. The summed E-state index contributed by atoms with van der Waals surface area (Å²) in [6.45, 7) is 0.674. The van der Waals surface area contributed by atoms with E-state index in [-0.39, 0.29) is 0 Å². The Kier molecular flexibility index (Phi) is 3.67. The zero-order valence-corrected chi connectivity index (χ0v) is 11.8. The first kappa shape index (κ1) is 13.3. The average molecular weight is 295 g/mol. The Hall–Kier alpha value is -2.64. The third-order valence-corrected chi connectivity index (χ3v) is 3.35. The van der Waals surface area contributed by atoms with Crippen molar-refractivity contribution in [2.75, 3.05) is 0 Å². The van der Waals surface area contributed by atoms with Crippen molar-refractivity contribution in [3.05, 3.63) is 71.3 Å². The van der Waals surface area contributed by atoms with Gasteiger partial charge in [-0.2, -0.15) is 10.4 Å². The van der Waals surface area contributed by atoms with Crippen molar-refractivity contribution in [1.29, 1.82) is 5.26 Å². The first-order chi connectivity index (χ1) is 10.2. The van der Waals surface area contributed by atoms with Crippen molar-refractivity contribution in [2.45, 2.75) is 6.54 Å².